The highest BCUT2D eigenvalue weighted by molar-refractivity contribution is 5.87. The van der Waals surface area contributed by atoms with E-state index in [9.17, 15) is 19.2 Å². The van der Waals surface area contributed by atoms with E-state index >= 15 is 0 Å². The van der Waals surface area contributed by atoms with Crippen LogP contribution in [0.5, 0.6) is 0 Å². The van der Waals surface area contributed by atoms with Crippen molar-refractivity contribution >= 4 is 23.8 Å². The summed E-state index contributed by atoms with van der Waals surface area (Å²) in [6.45, 7) is 3.38. The molecule has 0 aliphatic rings. The van der Waals surface area contributed by atoms with Crippen molar-refractivity contribution in [3.05, 3.63) is 36.5 Å². The van der Waals surface area contributed by atoms with E-state index in [0.29, 0.717) is 19.3 Å². The van der Waals surface area contributed by atoms with Crippen molar-refractivity contribution in [2.24, 2.45) is 0 Å². The van der Waals surface area contributed by atoms with Gasteiger partial charge in [-0.15, -0.1) is 0 Å². The van der Waals surface area contributed by atoms with Gasteiger partial charge in [0.1, 0.15) is 12.1 Å². The third-order valence-electron chi connectivity index (χ3n) is 10.9. The van der Waals surface area contributed by atoms with E-state index in [0.717, 1.165) is 70.6 Å². The number of amides is 2. The number of carbonyl (C=O) groups excluding carboxylic acids is 3. The van der Waals surface area contributed by atoms with E-state index < -0.39 is 24.5 Å². The maximum atomic E-state index is 12.8. The molecule has 2 atom stereocenters. The highest BCUT2D eigenvalue weighted by Crippen LogP contribution is 2.17. The number of rotatable bonds is 44. The summed E-state index contributed by atoms with van der Waals surface area (Å²) in [5.74, 6) is -2.35. The van der Waals surface area contributed by atoms with Crippen LogP contribution in [-0.2, 0) is 23.9 Å². The fourth-order valence-corrected chi connectivity index (χ4v) is 7.18. The molecular formula is C50H90N2O7. The molecule has 0 aromatic carbocycles. The first kappa shape index (κ1) is 56.1. The van der Waals surface area contributed by atoms with Crippen LogP contribution in [0, 0.1) is 0 Å². The minimum atomic E-state index is -1.38. The van der Waals surface area contributed by atoms with Crippen LogP contribution in [0.2, 0.25) is 0 Å². The lowest BCUT2D eigenvalue weighted by Crippen LogP contribution is -2.47. The van der Waals surface area contributed by atoms with Gasteiger partial charge in [-0.1, -0.05) is 205 Å². The SMILES string of the molecule is CC/C=C\C/C=C\C/C=C\C(CCCCCCCCC(=O)NCC(=O)NC(CO)C(=O)O)OC(=O)CCCCCCCCCCCCCCCCCCCCCCCC. The Morgan fingerprint density at radius 2 is 0.949 bits per heavy atom. The molecule has 0 spiro atoms. The van der Waals surface area contributed by atoms with E-state index in [-0.39, 0.29) is 24.5 Å². The summed E-state index contributed by atoms with van der Waals surface area (Å²) in [5, 5.41) is 22.5. The Labute approximate surface area is 361 Å². The Bertz CT molecular complexity index is 1090. The lowest BCUT2D eigenvalue weighted by atomic mass is 10.0. The van der Waals surface area contributed by atoms with Crippen LogP contribution >= 0.6 is 0 Å². The molecule has 0 saturated carbocycles. The van der Waals surface area contributed by atoms with Crippen molar-refractivity contribution < 1.29 is 34.1 Å². The quantitative estimate of drug-likeness (QED) is 0.0272. The number of aliphatic carboxylic acids is 1. The minimum Gasteiger partial charge on any atom is -0.480 e. The van der Waals surface area contributed by atoms with Gasteiger partial charge >= 0.3 is 11.9 Å². The lowest BCUT2D eigenvalue weighted by molar-refractivity contribution is -0.147. The van der Waals surface area contributed by atoms with Gasteiger partial charge in [-0.05, 0) is 51.0 Å². The molecule has 0 saturated heterocycles. The fourth-order valence-electron chi connectivity index (χ4n) is 7.18. The standard InChI is InChI=1S/C50H90N2O7/c1-3-5-7-9-11-13-14-15-16-17-18-19-20-21-22-23-24-25-26-28-34-38-42-49(56)59-45(39-35-31-27-12-10-8-6-4-2)40-36-32-29-30-33-37-41-47(54)51-43-48(55)52-46(44-53)50(57)58/h6,8,12,27,35,39,45-46,53H,3-5,7,9-11,13-26,28-34,36-38,40-44H2,1-2H3,(H,51,54)(H,52,55)(H,57,58)/b8-6-,27-12-,39-35-. The first-order valence-corrected chi connectivity index (χ1v) is 24.4. The van der Waals surface area contributed by atoms with Crippen molar-refractivity contribution in [1.82, 2.24) is 10.6 Å². The van der Waals surface area contributed by atoms with Crippen molar-refractivity contribution in [1.29, 1.82) is 0 Å². The van der Waals surface area contributed by atoms with Crippen LogP contribution in [-0.4, -0.2) is 59.3 Å². The van der Waals surface area contributed by atoms with Gasteiger partial charge < -0.3 is 25.6 Å². The number of carbonyl (C=O) groups is 4. The number of carboxylic acids is 1. The molecule has 342 valence electrons. The fraction of sp³-hybridized carbons (Fsp3) is 0.800. The van der Waals surface area contributed by atoms with Crippen LogP contribution in [0.1, 0.15) is 232 Å². The molecule has 2 unspecified atom stereocenters. The third kappa shape index (κ3) is 41.6. The van der Waals surface area contributed by atoms with Crippen LogP contribution in [0.4, 0.5) is 0 Å². The van der Waals surface area contributed by atoms with Gasteiger partial charge in [0, 0.05) is 12.8 Å². The largest absolute Gasteiger partial charge is 0.480 e. The molecule has 4 N–H and O–H groups in total. The van der Waals surface area contributed by atoms with E-state index in [1.165, 1.54) is 128 Å². The Hall–Kier alpha value is -2.94. The summed E-state index contributed by atoms with van der Waals surface area (Å²) in [5.41, 5.74) is 0. The van der Waals surface area contributed by atoms with Gasteiger partial charge in [0.05, 0.1) is 13.2 Å². The summed E-state index contributed by atoms with van der Waals surface area (Å²) in [7, 11) is 0. The van der Waals surface area contributed by atoms with Gasteiger partial charge in [-0.3, -0.25) is 14.4 Å². The van der Waals surface area contributed by atoms with Crippen molar-refractivity contribution in [3.63, 3.8) is 0 Å². The summed E-state index contributed by atoms with van der Waals surface area (Å²) < 4.78 is 5.93. The summed E-state index contributed by atoms with van der Waals surface area (Å²) in [6, 6.07) is -1.38. The third-order valence-corrected chi connectivity index (χ3v) is 10.9. The van der Waals surface area contributed by atoms with Crippen molar-refractivity contribution in [2.45, 2.75) is 244 Å². The molecule has 9 heteroatoms. The Kier molecular flexibility index (Phi) is 42.4. The smallest absolute Gasteiger partial charge is 0.328 e. The monoisotopic (exact) mass is 831 g/mol. The molecule has 0 aliphatic heterocycles. The molecule has 0 bridgehead atoms. The number of esters is 1. The molecule has 0 radical (unpaired) electrons. The molecule has 2 amide bonds. The highest BCUT2D eigenvalue weighted by Gasteiger charge is 2.18. The van der Waals surface area contributed by atoms with E-state index in [4.69, 9.17) is 14.9 Å². The Morgan fingerprint density at radius 3 is 1.41 bits per heavy atom. The number of aliphatic hydroxyl groups is 1. The van der Waals surface area contributed by atoms with Crippen LogP contribution in [0.15, 0.2) is 36.5 Å². The first-order chi connectivity index (χ1) is 28.8. The van der Waals surface area contributed by atoms with E-state index in [1.807, 2.05) is 6.08 Å². The normalized spacial score (nSPS) is 12.7. The first-order valence-electron chi connectivity index (χ1n) is 24.4. The summed E-state index contributed by atoms with van der Waals surface area (Å²) >= 11 is 0. The zero-order valence-corrected chi connectivity index (χ0v) is 38.0. The number of nitrogens with one attached hydrogen (secondary N) is 2. The molecule has 59 heavy (non-hydrogen) atoms. The van der Waals surface area contributed by atoms with Gasteiger partial charge in [0.2, 0.25) is 11.8 Å². The minimum absolute atomic E-state index is 0.0982. The zero-order chi connectivity index (χ0) is 43.3. The van der Waals surface area contributed by atoms with E-state index in [1.54, 1.807) is 0 Å². The number of hydrogen-bond donors (Lipinski definition) is 4. The lowest BCUT2D eigenvalue weighted by Gasteiger charge is -2.15. The molecule has 0 aliphatic carbocycles. The van der Waals surface area contributed by atoms with E-state index in [2.05, 4.69) is 54.9 Å². The number of carboxylic acid groups (broad SMARTS) is 1. The van der Waals surface area contributed by atoms with Crippen molar-refractivity contribution in [2.75, 3.05) is 13.2 Å². The molecule has 0 aromatic rings. The topological polar surface area (TPSA) is 142 Å². The number of unbranched alkanes of at least 4 members (excludes halogenated alkanes) is 26. The predicted molar refractivity (Wildman–Crippen MR) is 245 cm³/mol. The number of allylic oxidation sites excluding steroid dienone is 5. The van der Waals surface area contributed by atoms with Gasteiger partial charge in [0.25, 0.3) is 0 Å². The zero-order valence-electron chi connectivity index (χ0n) is 38.0. The van der Waals surface area contributed by atoms with Gasteiger partial charge in [0.15, 0.2) is 0 Å². The summed E-state index contributed by atoms with van der Waals surface area (Å²) in [6.07, 6.45) is 52.2. The van der Waals surface area contributed by atoms with Crippen LogP contribution in [0.25, 0.3) is 0 Å². The predicted octanol–water partition coefficient (Wildman–Crippen LogP) is 12.5. The number of ether oxygens (including phenoxy) is 1. The Balaban J connectivity index is 4.09. The van der Waals surface area contributed by atoms with Crippen LogP contribution < -0.4 is 10.6 Å². The Morgan fingerprint density at radius 1 is 0.525 bits per heavy atom. The molecule has 0 rings (SSSR count). The molecule has 0 fully saturated rings. The number of aliphatic hydroxyl groups excluding tert-OH is 1. The van der Waals surface area contributed by atoms with Gasteiger partial charge in [-0.2, -0.15) is 0 Å². The number of hydrogen-bond acceptors (Lipinski definition) is 6. The van der Waals surface area contributed by atoms with Gasteiger partial charge in [-0.25, -0.2) is 4.79 Å². The average Bonchev–Trinajstić information content (AvgIpc) is 3.22. The second kappa shape index (κ2) is 44.6. The molecular weight excluding hydrogens is 741 g/mol. The summed E-state index contributed by atoms with van der Waals surface area (Å²) in [4.78, 5) is 47.5. The maximum Gasteiger partial charge on any atom is 0.328 e. The second-order valence-electron chi connectivity index (χ2n) is 16.5. The highest BCUT2D eigenvalue weighted by atomic mass is 16.5. The molecule has 9 nitrogen and oxygen atoms in total. The van der Waals surface area contributed by atoms with Crippen molar-refractivity contribution in [3.8, 4) is 0 Å². The molecule has 0 aromatic heterocycles. The van der Waals surface area contributed by atoms with Crippen LogP contribution in [0.3, 0.4) is 0 Å². The second-order valence-corrected chi connectivity index (χ2v) is 16.5. The maximum absolute atomic E-state index is 12.8. The average molecular weight is 831 g/mol. The molecule has 0 heterocycles.